The Bertz CT molecular complexity index is 935. The maximum Gasteiger partial charge on any atom is 0.284 e. The van der Waals surface area contributed by atoms with E-state index in [1.54, 1.807) is 18.9 Å². The van der Waals surface area contributed by atoms with Crippen LogP contribution in [-0.4, -0.2) is 38.8 Å². The summed E-state index contributed by atoms with van der Waals surface area (Å²) in [6, 6.07) is 9.58. The molecule has 6 nitrogen and oxygen atoms in total. The molecule has 0 atom stereocenters. The molecule has 0 bridgehead atoms. The number of fused-ring (bicyclic) bond motifs is 3. The van der Waals surface area contributed by atoms with E-state index in [4.69, 9.17) is 9.72 Å². The van der Waals surface area contributed by atoms with Crippen LogP contribution in [0.15, 0.2) is 40.3 Å². The van der Waals surface area contributed by atoms with Crippen LogP contribution >= 0.6 is 11.8 Å². The summed E-state index contributed by atoms with van der Waals surface area (Å²) in [6.07, 6.45) is 5.28. The van der Waals surface area contributed by atoms with Gasteiger partial charge in [0.2, 0.25) is 0 Å². The Labute approximate surface area is 162 Å². The van der Waals surface area contributed by atoms with Gasteiger partial charge in [-0.15, -0.1) is 5.10 Å². The second-order valence-electron chi connectivity index (χ2n) is 6.75. The Morgan fingerprint density at radius 2 is 2.04 bits per heavy atom. The van der Waals surface area contributed by atoms with Crippen molar-refractivity contribution in [2.24, 2.45) is 0 Å². The van der Waals surface area contributed by atoms with Crippen LogP contribution in [0.1, 0.15) is 31.4 Å². The highest BCUT2D eigenvalue weighted by atomic mass is 32.2. The quantitative estimate of drug-likeness (QED) is 0.370. The van der Waals surface area contributed by atoms with E-state index >= 15 is 0 Å². The van der Waals surface area contributed by atoms with E-state index in [2.05, 4.69) is 9.67 Å². The largest absolute Gasteiger partial charge is 0.385 e. The molecule has 0 saturated heterocycles. The highest BCUT2D eigenvalue weighted by molar-refractivity contribution is 7.99. The fourth-order valence-electron chi connectivity index (χ4n) is 3.57. The zero-order valence-electron chi connectivity index (χ0n) is 15.6. The summed E-state index contributed by atoms with van der Waals surface area (Å²) >= 11 is 1.73. The molecule has 0 aromatic heterocycles. The van der Waals surface area contributed by atoms with E-state index in [0.29, 0.717) is 11.4 Å². The van der Waals surface area contributed by atoms with Gasteiger partial charge in [-0.25, -0.2) is 4.98 Å². The van der Waals surface area contributed by atoms with E-state index in [0.717, 1.165) is 61.1 Å². The van der Waals surface area contributed by atoms with Crippen molar-refractivity contribution in [1.29, 1.82) is 0 Å². The molecule has 1 aromatic carbocycles. The van der Waals surface area contributed by atoms with Crippen LogP contribution in [0.2, 0.25) is 0 Å². The molecule has 0 spiro atoms. The predicted molar refractivity (Wildman–Crippen MR) is 107 cm³/mol. The van der Waals surface area contributed by atoms with Crippen LogP contribution < -0.4 is 5.56 Å². The second kappa shape index (κ2) is 8.27. The summed E-state index contributed by atoms with van der Waals surface area (Å²) in [5.41, 5.74) is 2.49. The Morgan fingerprint density at radius 1 is 1.19 bits per heavy atom. The summed E-state index contributed by atoms with van der Waals surface area (Å²) in [5.74, 6) is 1.50. The number of hydrogen-bond donors (Lipinski definition) is 0. The van der Waals surface area contributed by atoms with Crippen LogP contribution in [0.25, 0.3) is 17.1 Å². The van der Waals surface area contributed by atoms with Crippen LogP contribution in [-0.2, 0) is 17.7 Å². The Kier molecular flexibility index (Phi) is 5.59. The Balaban J connectivity index is 1.82. The van der Waals surface area contributed by atoms with Gasteiger partial charge in [0.15, 0.2) is 11.0 Å². The van der Waals surface area contributed by atoms with Gasteiger partial charge >= 0.3 is 0 Å². The van der Waals surface area contributed by atoms with Gasteiger partial charge in [-0.2, -0.15) is 4.68 Å². The van der Waals surface area contributed by atoms with E-state index in [9.17, 15) is 4.79 Å². The normalized spacial score (nSPS) is 14.3. The molecule has 27 heavy (non-hydrogen) atoms. The zero-order chi connectivity index (χ0) is 18.6. The molecule has 3 aliphatic rings. The van der Waals surface area contributed by atoms with Crippen molar-refractivity contribution in [3.63, 3.8) is 0 Å². The van der Waals surface area contributed by atoms with Crippen LogP contribution in [0.4, 0.5) is 0 Å². The van der Waals surface area contributed by atoms with E-state index < -0.39 is 0 Å². The lowest BCUT2D eigenvalue weighted by molar-refractivity contribution is 0.200. The predicted octanol–water partition coefficient (Wildman–Crippen LogP) is 3.39. The van der Waals surface area contributed by atoms with Crippen LogP contribution in [0.5, 0.6) is 0 Å². The van der Waals surface area contributed by atoms with Gasteiger partial charge in [0.25, 0.3) is 5.56 Å². The third-order valence-electron chi connectivity index (χ3n) is 4.89. The molecule has 3 aliphatic heterocycles. The average Bonchev–Trinajstić information content (AvgIpc) is 2.87. The fraction of sp³-hybridized carbons (Fsp3) is 0.450. The molecule has 0 radical (unpaired) electrons. The first kappa shape index (κ1) is 18.3. The number of aromatic nitrogens is 4. The van der Waals surface area contributed by atoms with E-state index in [1.165, 1.54) is 11.1 Å². The summed E-state index contributed by atoms with van der Waals surface area (Å²) in [6.45, 7) is 1.66. The van der Waals surface area contributed by atoms with Crippen molar-refractivity contribution in [2.45, 2.75) is 43.8 Å². The number of benzene rings is 1. The first-order chi connectivity index (χ1) is 13.3. The summed E-state index contributed by atoms with van der Waals surface area (Å²) < 4.78 is 8.90. The van der Waals surface area contributed by atoms with E-state index in [1.807, 2.05) is 30.3 Å². The molecule has 0 fully saturated rings. The fourth-order valence-corrected chi connectivity index (χ4v) is 4.53. The molecule has 7 heteroatoms. The summed E-state index contributed by atoms with van der Waals surface area (Å²) in [7, 11) is 1.72. The lowest BCUT2D eigenvalue weighted by Crippen LogP contribution is -2.19. The van der Waals surface area contributed by atoms with Crippen molar-refractivity contribution in [2.75, 3.05) is 19.5 Å². The van der Waals surface area contributed by atoms with Gasteiger partial charge < -0.3 is 9.30 Å². The minimum atomic E-state index is -0.0646. The Hall–Kier alpha value is -2.12. The highest BCUT2D eigenvalue weighted by Crippen LogP contribution is 2.30. The SMILES string of the molecule is COCCCSc1nc2nn(-c3ccccc3)c(=O)c-2c2n1CCCCC2. The lowest BCUT2D eigenvalue weighted by atomic mass is 10.1. The van der Waals surface area contributed by atoms with Crippen molar-refractivity contribution in [3.05, 3.63) is 46.4 Å². The third kappa shape index (κ3) is 3.66. The van der Waals surface area contributed by atoms with E-state index in [-0.39, 0.29) is 5.56 Å². The Morgan fingerprint density at radius 3 is 2.85 bits per heavy atom. The summed E-state index contributed by atoms with van der Waals surface area (Å²) in [5, 5.41) is 5.53. The minimum Gasteiger partial charge on any atom is -0.385 e. The molecular weight excluding hydrogens is 360 g/mol. The molecule has 0 amide bonds. The maximum atomic E-state index is 13.1. The zero-order valence-corrected chi connectivity index (χ0v) is 16.4. The van der Waals surface area contributed by atoms with Crippen molar-refractivity contribution < 1.29 is 4.74 Å². The molecule has 3 heterocycles. The second-order valence-corrected chi connectivity index (χ2v) is 7.81. The van der Waals surface area contributed by atoms with Crippen LogP contribution in [0.3, 0.4) is 0 Å². The summed E-state index contributed by atoms with van der Waals surface area (Å²) in [4.78, 5) is 17.9. The molecule has 0 N–H and O–H groups in total. The van der Waals surface area contributed by atoms with Gasteiger partial charge in [-0.1, -0.05) is 36.4 Å². The number of thioether (sulfide) groups is 1. The number of nitrogens with zero attached hydrogens (tertiary/aromatic N) is 4. The molecule has 0 unspecified atom stereocenters. The number of hydrogen-bond acceptors (Lipinski definition) is 5. The molecule has 0 aliphatic carbocycles. The number of ether oxygens (including phenoxy) is 1. The van der Waals surface area contributed by atoms with Gasteiger partial charge in [0.05, 0.1) is 5.69 Å². The van der Waals surface area contributed by atoms with Gasteiger partial charge in [-0.05, 0) is 37.8 Å². The number of methoxy groups -OCH3 is 1. The molecular formula is C20H24N4O2S. The van der Waals surface area contributed by atoms with Gasteiger partial charge in [0, 0.05) is 31.7 Å². The minimum absolute atomic E-state index is 0.0646. The molecule has 1 aromatic rings. The lowest BCUT2D eigenvalue weighted by Gasteiger charge is -2.17. The highest BCUT2D eigenvalue weighted by Gasteiger charge is 2.26. The smallest absolute Gasteiger partial charge is 0.284 e. The van der Waals surface area contributed by atoms with Gasteiger partial charge in [-0.3, -0.25) is 4.79 Å². The van der Waals surface area contributed by atoms with Gasteiger partial charge in [0.1, 0.15) is 5.56 Å². The number of rotatable bonds is 6. The monoisotopic (exact) mass is 384 g/mol. The number of para-hydroxylation sites is 1. The van der Waals surface area contributed by atoms with Crippen LogP contribution in [0, 0.1) is 0 Å². The van der Waals surface area contributed by atoms with Crippen molar-refractivity contribution >= 4 is 11.8 Å². The van der Waals surface area contributed by atoms with Crippen molar-refractivity contribution in [1.82, 2.24) is 19.3 Å². The topological polar surface area (TPSA) is 61.9 Å². The molecule has 142 valence electrons. The first-order valence-electron chi connectivity index (χ1n) is 9.49. The maximum absolute atomic E-state index is 13.1. The molecule has 0 saturated carbocycles. The third-order valence-corrected chi connectivity index (χ3v) is 5.95. The molecule has 4 rings (SSSR count). The first-order valence-corrected chi connectivity index (χ1v) is 10.5. The van der Waals surface area contributed by atoms with Crippen molar-refractivity contribution in [3.8, 4) is 17.1 Å². The average molecular weight is 385 g/mol. The standard InChI is InChI=1S/C20H24N4O2S/c1-26-13-8-14-27-20-21-18-17(16-11-6-3-7-12-23(16)20)19(25)24(22-18)15-9-4-2-5-10-15/h2,4-5,9-10H,3,6-8,11-14H2,1H3.